The summed E-state index contributed by atoms with van der Waals surface area (Å²) in [7, 11) is 0. The maximum Gasteiger partial charge on any atom is 0.262 e. The summed E-state index contributed by atoms with van der Waals surface area (Å²) in [6.45, 7) is 0.264. The Kier molecular flexibility index (Phi) is 3.12. The summed E-state index contributed by atoms with van der Waals surface area (Å²) < 4.78 is 5.33. The Morgan fingerprint density at radius 3 is 3.13 bits per heavy atom. The molecule has 0 spiro atoms. The van der Waals surface area contributed by atoms with E-state index in [1.807, 2.05) is 11.4 Å². The van der Waals surface area contributed by atoms with Crippen LogP contribution in [0, 0.1) is 0 Å². The van der Waals surface area contributed by atoms with Gasteiger partial charge >= 0.3 is 0 Å². The van der Waals surface area contributed by atoms with Gasteiger partial charge in [-0.1, -0.05) is 5.16 Å². The summed E-state index contributed by atoms with van der Waals surface area (Å²) in [6.07, 6.45) is 1.22. The zero-order valence-electron chi connectivity index (χ0n) is 7.44. The van der Waals surface area contributed by atoms with Gasteiger partial charge in [0.2, 0.25) is 6.39 Å². The fourth-order valence-corrected chi connectivity index (χ4v) is 2.43. The minimum atomic E-state index is -0.151. The van der Waals surface area contributed by atoms with E-state index in [-0.39, 0.29) is 12.5 Å². The first-order valence-electron chi connectivity index (χ1n) is 4.04. The molecule has 7 heteroatoms. The van der Waals surface area contributed by atoms with Crippen molar-refractivity contribution in [3.05, 3.63) is 33.0 Å². The van der Waals surface area contributed by atoms with Crippen LogP contribution < -0.4 is 5.32 Å². The molecule has 15 heavy (non-hydrogen) atoms. The van der Waals surface area contributed by atoms with Crippen molar-refractivity contribution in [3.8, 4) is 0 Å². The molecule has 0 bridgehead atoms. The monoisotopic (exact) mass is 287 g/mol. The number of aromatic nitrogens is 2. The van der Waals surface area contributed by atoms with Gasteiger partial charge in [-0.15, -0.1) is 11.3 Å². The van der Waals surface area contributed by atoms with Gasteiger partial charge in [0.1, 0.15) is 4.88 Å². The minimum absolute atomic E-state index is 0.151. The second-order valence-corrected chi connectivity index (χ2v) is 4.40. The van der Waals surface area contributed by atoms with Crippen molar-refractivity contribution >= 4 is 33.2 Å². The van der Waals surface area contributed by atoms with E-state index in [9.17, 15) is 4.79 Å². The standard InChI is InChI=1S/C8H6BrN3O2S/c9-5-1-2-15-7(5)8(13)10-3-6-11-4-14-12-6/h1-2,4H,3H2,(H,10,13). The summed E-state index contributed by atoms with van der Waals surface area (Å²) in [5, 5.41) is 8.11. The lowest BCUT2D eigenvalue weighted by Crippen LogP contribution is -2.22. The molecule has 0 atom stereocenters. The van der Waals surface area contributed by atoms with Crippen molar-refractivity contribution in [1.82, 2.24) is 15.5 Å². The van der Waals surface area contributed by atoms with Crippen molar-refractivity contribution in [2.24, 2.45) is 0 Å². The van der Waals surface area contributed by atoms with Crippen LogP contribution in [0.4, 0.5) is 0 Å². The zero-order valence-corrected chi connectivity index (χ0v) is 9.84. The Morgan fingerprint density at radius 1 is 1.67 bits per heavy atom. The van der Waals surface area contributed by atoms with Gasteiger partial charge in [-0.05, 0) is 27.4 Å². The van der Waals surface area contributed by atoms with Crippen molar-refractivity contribution in [1.29, 1.82) is 0 Å². The third kappa shape index (κ3) is 2.42. The number of halogens is 1. The first-order valence-corrected chi connectivity index (χ1v) is 5.71. The largest absolute Gasteiger partial charge is 0.344 e. The number of rotatable bonds is 3. The summed E-state index contributed by atoms with van der Waals surface area (Å²) in [4.78, 5) is 16.0. The van der Waals surface area contributed by atoms with Gasteiger partial charge in [-0.25, -0.2) is 0 Å². The van der Waals surface area contributed by atoms with Crippen molar-refractivity contribution in [2.45, 2.75) is 6.54 Å². The van der Waals surface area contributed by atoms with E-state index in [0.717, 1.165) is 4.47 Å². The molecule has 0 aromatic carbocycles. The summed E-state index contributed by atoms with van der Waals surface area (Å²) in [5.41, 5.74) is 0. The molecule has 0 fully saturated rings. The summed E-state index contributed by atoms with van der Waals surface area (Å²) in [6, 6.07) is 1.83. The lowest BCUT2D eigenvalue weighted by molar-refractivity contribution is 0.0953. The third-order valence-corrected chi connectivity index (χ3v) is 3.47. The predicted molar refractivity (Wildman–Crippen MR) is 57.5 cm³/mol. The second kappa shape index (κ2) is 4.54. The van der Waals surface area contributed by atoms with Crippen molar-refractivity contribution in [2.75, 3.05) is 0 Å². The second-order valence-electron chi connectivity index (χ2n) is 2.63. The number of amides is 1. The van der Waals surface area contributed by atoms with E-state index in [0.29, 0.717) is 10.7 Å². The molecule has 0 radical (unpaired) electrons. The van der Waals surface area contributed by atoms with E-state index in [2.05, 4.69) is 35.9 Å². The maximum atomic E-state index is 11.6. The Bertz CT molecular complexity index is 454. The summed E-state index contributed by atoms with van der Waals surface area (Å²) in [5.74, 6) is 0.303. The van der Waals surface area contributed by atoms with Gasteiger partial charge in [-0.3, -0.25) is 4.79 Å². The molecular weight excluding hydrogens is 282 g/mol. The van der Waals surface area contributed by atoms with Crippen LogP contribution in [0.1, 0.15) is 15.5 Å². The van der Waals surface area contributed by atoms with E-state index in [1.54, 1.807) is 0 Å². The molecule has 0 saturated carbocycles. The summed E-state index contributed by atoms with van der Waals surface area (Å²) >= 11 is 4.66. The fourth-order valence-electron chi connectivity index (χ4n) is 0.966. The van der Waals surface area contributed by atoms with Gasteiger partial charge in [0.15, 0.2) is 5.82 Å². The van der Waals surface area contributed by atoms with Crippen LogP contribution in [0.3, 0.4) is 0 Å². The average molecular weight is 288 g/mol. The molecule has 0 aliphatic carbocycles. The van der Waals surface area contributed by atoms with Crippen LogP contribution in [0.25, 0.3) is 0 Å². The smallest absolute Gasteiger partial charge is 0.262 e. The van der Waals surface area contributed by atoms with Gasteiger partial charge in [0.25, 0.3) is 5.91 Å². The Balaban J connectivity index is 1.96. The molecule has 0 aliphatic rings. The van der Waals surface area contributed by atoms with Crippen molar-refractivity contribution in [3.63, 3.8) is 0 Å². The zero-order chi connectivity index (χ0) is 10.7. The minimum Gasteiger partial charge on any atom is -0.344 e. The van der Waals surface area contributed by atoms with Crippen LogP contribution in [0.5, 0.6) is 0 Å². The lowest BCUT2D eigenvalue weighted by atomic mass is 10.4. The molecule has 0 saturated heterocycles. The molecule has 1 N–H and O–H groups in total. The SMILES string of the molecule is O=C(NCc1ncon1)c1sccc1Br. The number of nitrogens with one attached hydrogen (secondary N) is 1. The molecular formula is C8H6BrN3O2S. The van der Waals surface area contributed by atoms with Crippen molar-refractivity contribution < 1.29 is 9.32 Å². The fraction of sp³-hybridized carbons (Fsp3) is 0.125. The van der Waals surface area contributed by atoms with Gasteiger partial charge in [0, 0.05) is 4.47 Å². The number of carbonyl (C=O) groups is 1. The third-order valence-electron chi connectivity index (χ3n) is 1.64. The Hall–Kier alpha value is -1.21. The number of carbonyl (C=O) groups excluding carboxylic acids is 1. The Morgan fingerprint density at radius 2 is 2.53 bits per heavy atom. The van der Waals surface area contributed by atoms with Crippen LogP contribution in [-0.2, 0) is 6.54 Å². The molecule has 2 rings (SSSR count). The molecule has 1 amide bonds. The average Bonchev–Trinajstić information content (AvgIpc) is 2.84. The van der Waals surface area contributed by atoms with E-state index in [1.165, 1.54) is 17.7 Å². The van der Waals surface area contributed by atoms with Crippen LogP contribution >= 0.6 is 27.3 Å². The van der Waals surface area contributed by atoms with Crippen LogP contribution in [0.2, 0.25) is 0 Å². The Labute approximate surface area is 97.6 Å². The predicted octanol–water partition coefficient (Wildman–Crippen LogP) is 1.82. The number of hydrogen-bond donors (Lipinski definition) is 1. The highest BCUT2D eigenvalue weighted by Gasteiger charge is 2.11. The molecule has 2 aromatic heterocycles. The molecule has 78 valence electrons. The van der Waals surface area contributed by atoms with Crippen LogP contribution in [-0.4, -0.2) is 16.0 Å². The van der Waals surface area contributed by atoms with Gasteiger partial charge in [0.05, 0.1) is 6.54 Å². The lowest BCUT2D eigenvalue weighted by Gasteiger charge is -1.99. The normalized spacial score (nSPS) is 10.2. The number of thiophene rings is 1. The highest BCUT2D eigenvalue weighted by molar-refractivity contribution is 9.10. The molecule has 2 aromatic rings. The highest BCUT2D eigenvalue weighted by Crippen LogP contribution is 2.22. The topological polar surface area (TPSA) is 68.0 Å². The van der Waals surface area contributed by atoms with Crippen LogP contribution in [0.15, 0.2) is 26.8 Å². The van der Waals surface area contributed by atoms with E-state index in [4.69, 9.17) is 0 Å². The molecule has 5 nitrogen and oxygen atoms in total. The van der Waals surface area contributed by atoms with E-state index < -0.39 is 0 Å². The molecule has 0 unspecified atom stereocenters. The number of nitrogens with zero attached hydrogens (tertiary/aromatic N) is 2. The quantitative estimate of drug-likeness (QED) is 0.935. The molecule has 2 heterocycles. The molecule has 0 aliphatic heterocycles. The van der Waals surface area contributed by atoms with Gasteiger partial charge < -0.3 is 9.84 Å². The maximum absolute atomic E-state index is 11.6. The number of hydrogen-bond acceptors (Lipinski definition) is 5. The van der Waals surface area contributed by atoms with E-state index >= 15 is 0 Å². The first-order chi connectivity index (χ1) is 7.27. The highest BCUT2D eigenvalue weighted by atomic mass is 79.9. The van der Waals surface area contributed by atoms with Gasteiger partial charge in [-0.2, -0.15) is 4.98 Å². The first kappa shape index (κ1) is 10.3.